The minimum absolute atomic E-state index is 0.168. The Morgan fingerprint density at radius 2 is 2.00 bits per heavy atom. The number of nitrogens with one attached hydrogen (secondary N) is 1. The van der Waals surface area contributed by atoms with Crippen molar-refractivity contribution in [2.45, 2.75) is 12.8 Å². The molecule has 0 saturated heterocycles. The fraction of sp³-hybridized carbons (Fsp3) is 0.200. The van der Waals surface area contributed by atoms with Crippen molar-refractivity contribution in [1.82, 2.24) is 5.43 Å². The van der Waals surface area contributed by atoms with E-state index >= 15 is 0 Å². The molecule has 14 heavy (non-hydrogen) atoms. The molecule has 0 fully saturated rings. The van der Waals surface area contributed by atoms with Crippen molar-refractivity contribution in [1.29, 1.82) is 0 Å². The van der Waals surface area contributed by atoms with Crippen molar-refractivity contribution in [2.75, 3.05) is 0 Å². The minimum atomic E-state index is -0.643. The SMILES string of the molecule is Cc1ccc(C2C(=O)NN=C2O)cc1. The van der Waals surface area contributed by atoms with Gasteiger partial charge < -0.3 is 5.11 Å². The van der Waals surface area contributed by atoms with Gasteiger partial charge in [-0.2, -0.15) is 0 Å². The summed E-state index contributed by atoms with van der Waals surface area (Å²) in [4.78, 5) is 11.3. The summed E-state index contributed by atoms with van der Waals surface area (Å²) in [5.41, 5.74) is 4.10. The highest BCUT2D eigenvalue weighted by Gasteiger charge is 2.31. The van der Waals surface area contributed by atoms with Crippen LogP contribution >= 0.6 is 0 Å². The number of hydrogen-bond acceptors (Lipinski definition) is 2. The first kappa shape index (κ1) is 8.74. The molecule has 0 radical (unpaired) electrons. The molecule has 1 aromatic rings. The zero-order valence-corrected chi connectivity index (χ0v) is 7.69. The number of hydrogen-bond donors (Lipinski definition) is 2. The highest BCUT2D eigenvalue weighted by Crippen LogP contribution is 2.20. The number of carbonyl (C=O) groups is 1. The predicted molar refractivity (Wildman–Crippen MR) is 52.1 cm³/mol. The summed E-state index contributed by atoms with van der Waals surface area (Å²) in [5, 5.41) is 12.8. The molecular weight excluding hydrogens is 180 g/mol. The molecule has 1 aliphatic rings. The average Bonchev–Trinajstić information content (AvgIpc) is 2.49. The lowest BCUT2D eigenvalue weighted by molar-refractivity contribution is -0.120. The van der Waals surface area contributed by atoms with E-state index in [1.807, 2.05) is 31.2 Å². The maximum Gasteiger partial charge on any atom is 0.257 e. The van der Waals surface area contributed by atoms with E-state index < -0.39 is 5.92 Å². The zero-order chi connectivity index (χ0) is 10.1. The minimum Gasteiger partial charge on any atom is -0.495 e. The first-order chi connectivity index (χ1) is 6.68. The van der Waals surface area contributed by atoms with E-state index in [1.54, 1.807) is 0 Å². The van der Waals surface area contributed by atoms with E-state index in [9.17, 15) is 9.90 Å². The monoisotopic (exact) mass is 190 g/mol. The summed E-state index contributed by atoms with van der Waals surface area (Å²) in [5.74, 6) is -1.10. The molecule has 1 unspecified atom stereocenters. The number of carbonyl (C=O) groups excluding carboxylic acids is 1. The third kappa shape index (κ3) is 1.35. The molecule has 4 nitrogen and oxygen atoms in total. The number of aliphatic hydroxyl groups is 1. The Labute approximate surface area is 81.3 Å². The zero-order valence-electron chi connectivity index (χ0n) is 7.69. The van der Waals surface area contributed by atoms with Gasteiger partial charge in [0.2, 0.25) is 5.90 Å². The van der Waals surface area contributed by atoms with Crippen LogP contribution in [0.15, 0.2) is 29.4 Å². The quantitative estimate of drug-likeness (QED) is 0.696. The van der Waals surface area contributed by atoms with Gasteiger partial charge in [-0.25, -0.2) is 5.43 Å². The van der Waals surface area contributed by atoms with Crippen molar-refractivity contribution in [3.8, 4) is 0 Å². The predicted octanol–water partition coefficient (Wildman–Crippen LogP) is 1.08. The van der Waals surface area contributed by atoms with Gasteiger partial charge in [-0.1, -0.05) is 29.8 Å². The Morgan fingerprint density at radius 3 is 2.50 bits per heavy atom. The molecule has 4 heteroatoms. The first-order valence-electron chi connectivity index (χ1n) is 4.31. The van der Waals surface area contributed by atoms with Gasteiger partial charge in [0.15, 0.2) is 0 Å². The smallest absolute Gasteiger partial charge is 0.257 e. The van der Waals surface area contributed by atoms with Crippen molar-refractivity contribution < 1.29 is 9.90 Å². The third-order valence-electron chi connectivity index (χ3n) is 2.21. The van der Waals surface area contributed by atoms with Gasteiger partial charge in [0.1, 0.15) is 5.92 Å². The van der Waals surface area contributed by atoms with Crippen LogP contribution in [0.5, 0.6) is 0 Å². The second-order valence-corrected chi connectivity index (χ2v) is 3.29. The molecule has 72 valence electrons. The highest BCUT2D eigenvalue weighted by atomic mass is 16.3. The molecular formula is C10H10N2O2. The van der Waals surface area contributed by atoms with Gasteiger partial charge in [0, 0.05) is 0 Å². The summed E-state index contributed by atoms with van der Waals surface area (Å²) in [6.45, 7) is 1.96. The molecule has 1 atom stereocenters. The van der Waals surface area contributed by atoms with Crippen LogP contribution < -0.4 is 5.43 Å². The van der Waals surface area contributed by atoms with Crippen molar-refractivity contribution >= 4 is 11.8 Å². The summed E-state index contributed by atoms with van der Waals surface area (Å²) in [6.07, 6.45) is 0. The van der Waals surface area contributed by atoms with E-state index in [1.165, 1.54) is 0 Å². The molecule has 1 heterocycles. The molecule has 1 aromatic carbocycles. The van der Waals surface area contributed by atoms with E-state index in [2.05, 4.69) is 10.5 Å². The van der Waals surface area contributed by atoms with Crippen LogP contribution in [0.3, 0.4) is 0 Å². The Hall–Kier alpha value is -1.84. The molecule has 1 aliphatic heterocycles. The molecule has 0 saturated carbocycles. The van der Waals surface area contributed by atoms with Crippen LogP contribution in [0, 0.1) is 6.92 Å². The Bertz CT molecular complexity index is 395. The second-order valence-electron chi connectivity index (χ2n) is 3.29. The number of aliphatic hydroxyl groups excluding tert-OH is 1. The standard InChI is InChI=1S/C10H10N2O2/c1-6-2-4-7(5-3-6)8-9(13)11-12-10(8)14/h2-5,8H,1H3,(H,11,13)(H,12,14). The molecule has 0 aromatic heterocycles. The van der Waals surface area contributed by atoms with E-state index in [0.29, 0.717) is 0 Å². The Balaban J connectivity index is 2.35. The van der Waals surface area contributed by atoms with Crippen LogP contribution in [0.4, 0.5) is 0 Å². The largest absolute Gasteiger partial charge is 0.495 e. The van der Waals surface area contributed by atoms with Crippen LogP contribution in [-0.4, -0.2) is 16.9 Å². The first-order valence-corrected chi connectivity index (χ1v) is 4.31. The lowest BCUT2D eigenvalue weighted by Crippen LogP contribution is -2.20. The molecule has 0 aliphatic carbocycles. The van der Waals surface area contributed by atoms with Gasteiger partial charge >= 0.3 is 0 Å². The number of nitrogens with zero attached hydrogens (tertiary/aromatic N) is 1. The number of hydrazone groups is 1. The third-order valence-corrected chi connectivity index (χ3v) is 2.21. The van der Waals surface area contributed by atoms with Crippen LogP contribution in [0.1, 0.15) is 17.0 Å². The number of rotatable bonds is 1. The Morgan fingerprint density at radius 1 is 1.36 bits per heavy atom. The maximum atomic E-state index is 11.3. The molecule has 2 rings (SSSR count). The summed E-state index contributed by atoms with van der Waals surface area (Å²) < 4.78 is 0. The lowest BCUT2D eigenvalue weighted by Gasteiger charge is -2.06. The maximum absolute atomic E-state index is 11.3. The number of benzene rings is 1. The number of aryl methyl sites for hydroxylation is 1. The average molecular weight is 190 g/mol. The highest BCUT2D eigenvalue weighted by molar-refractivity contribution is 6.08. The second kappa shape index (κ2) is 3.14. The van der Waals surface area contributed by atoms with Gasteiger partial charge in [-0.3, -0.25) is 4.79 Å². The van der Waals surface area contributed by atoms with Gasteiger partial charge in [0.25, 0.3) is 5.91 Å². The van der Waals surface area contributed by atoms with Gasteiger partial charge in [0.05, 0.1) is 0 Å². The summed E-state index contributed by atoms with van der Waals surface area (Å²) in [7, 11) is 0. The molecule has 0 bridgehead atoms. The fourth-order valence-electron chi connectivity index (χ4n) is 1.42. The van der Waals surface area contributed by atoms with Crippen LogP contribution in [-0.2, 0) is 4.79 Å². The fourth-order valence-corrected chi connectivity index (χ4v) is 1.42. The van der Waals surface area contributed by atoms with Crippen LogP contribution in [0.2, 0.25) is 0 Å². The van der Waals surface area contributed by atoms with Crippen molar-refractivity contribution in [2.24, 2.45) is 5.10 Å². The van der Waals surface area contributed by atoms with Crippen molar-refractivity contribution in [3.63, 3.8) is 0 Å². The molecule has 2 N–H and O–H groups in total. The van der Waals surface area contributed by atoms with E-state index in [-0.39, 0.29) is 11.8 Å². The van der Waals surface area contributed by atoms with E-state index in [4.69, 9.17) is 0 Å². The Kier molecular flexibility index (Phi) is 1.96. The normalized spacial score (nSPS) is 20.5. The summed E-state index contributed by atoms with van der Waals surface area (Å²) in [6, 6.07) is 7.43. The summed E-state index contributed by atoms with van der Waals surface area (Å²) >= 11 is 0. The molecule has 0 spiro atoms. The molecule has 1 amide bonds. The van der Waals surface area contributed by atoms with Gasteiger partial charge in [-0.05, 0) is 12.5 Å². The van der Waals surface area contributed by atoms with Crippen molar-refractivity contribution in [3.05, 3.63) is 35.4 Å². The van der Waals surface area contributed by atoms with Crippen LogP contribution in [0.25, 0.3) is 0 Å². The lowest BCUT2D eigenvalue weighted by atomic mass is 9.98. The van der Waals surface area contributed by atoms with Gasteiger partial charge in [-0.15, -0.1) is 5.10 Å². The number of amides is 1. The topological polar surface area (TPSA) is 61.7 Å². The van der Waals surface area contributed by atoms with E-state index in [0.717, 1.165) is 11.1 Å².